The van der Waals surface area contributed by atoms with Gasteiger partial charge in [0.25, 0.3) is 0 Å². The molecule has 2 nitrogen and oxygen atoms in total. The highest BCUT2D eigenvalue weighted by Gasteiger charge is 2.05. The Bertz CT molecular complexity index is 802. The lowest BCUT2D eigenvalue weighted by atomic mass is 9.97. The van der Waals surface area contributed by atoms with E-state index in [2.05, 4.69) is 37.3 Å². The molecule has 0 aromatic heterocycles. The number of phenols is 2. The van der Waals surface area contributed by atoms with Crippen LogP contribution in [0.15, 0.2) is 66.7 Å². The van der Waals surface area contributed by atoms with Crippen LogP contribution in [0.25, 0.3) is 22.3 Å². The minimum Gasteiger partial charge on any atom is -0.508 e. The number of hydrogen-bond donors (Lipinski definition) is 2. The van der Waals surface area contributed by atoms with Gasteiger partial charge < -0.3 is 10.2 Å². The fourth-order valence-electron chi connectivity index (χ4n) is 2.84. The number of benzene rings is 3. The third kappa shape index (κ3) is 3.60. The maximum Gasteiger partial charge on any atom is 0.118 e. The Kier molecular flexibility index (Phi) is 4.85. The molecule has 3 rings (SSSR count). The molecule has 0 heterocycles. The van der Waals surface area contributed by atoms with Gasteiger partial charge >= 0.3 is 0 Å². The Hall–Kier alpha value is -2.74. The number of unbranched alkanes of at least 4 members (excludes halogenated alkanes) is 1. The number of rotatable bonds is 5. The Morgan fingerprint density at radius 2 is 1.17 bits per heavy atom. The zero-order valence-electron chi connectivity index (χ0n) is 13.9. The van der Waals surface area contributed by atoms with Crippen LogP contribution in [0.5, 0.6) is 11.5 Å². The fraction of sp³-hybridized carbons (Fsp3) is 0.182. The Morgan fingerprint density at radius 1 is 0.667 bits per heavy atom. The van der Waals surface area contributed by atoms with Gasteiger partial charge in [-0.25, -0.2) is 0 Å². The van der Waals surface area contributed by atoms with E-state index in [1.807, 2.05) is 18.2 Å². The summed E-state index contributed by atoms with van der Waals surface area (Å²) in [7, 11) is 0. The lowest BCUT2D eigenvalue weighted by Gasteiger charge is -2.09. The first-order chi connectivity index (χ1) is 11.7. The highest BCUT2D eigenvalue weighted by Crippen LogP contribution is 2.29. The van der Waals surface area contributed by atoms with Crippen molar-refractivity contribution in [1.29, 1.82) is 0 Å². The van der Waals surface area contributed by atoms with Crippen LogP contribution in [0.2, 0.25) is 0 Å². The molecule has 0 saturated carbocycles. The molecular weight excluding hydrogens is 296 g/mol. The third-order valence-electron chi connectivity index (χ3n) is 4.30. The molecule has 3 aromatic carbocycles. The van der Waals surface area contributed by atoms with E-state index in [-0.39, 0.29) is 5.75 Å². The van der Waals surface area contributed by atoms with E-state index in [4.69, 9.17) is 0 Å². The second kappa shape index (κ2) is 7.22. The summed E-state index contributed by atoms with van der Waals surface area (Å²) in [5.74, 6) is 0.659. The molecular formula is C22H22O2. The summed E-state index contributed by atoms with van der Waals surface area (Å²) in [6.45, 7) is 2.16. The minimum atomic E-state index is 0.277. The van der Waals surface area contributed by atoms with Crippen LogP contribution < -0.4 is 0 Å². The third-order valence-corrected chi connectivity index (χ3v) is 4.30. The Balaban J connectivity index is 1.86. The normalized spacial score (nSPS) is 10.7. The molecule has 3 aromatic rings. The van der Waals surface area contributed by atoms with Crippen molar-refractivity contribution < 1.29 is 10.2 Å². The van der Waals surface area contributed by atoms with Crippen LogP contribution in [0, 0.1) is 0 Å². The predicted octanol–water partition coefficient (Wildman–Crippen LogP) is 5.77. The van der Waals surface area contributed by atoms with Crippen molar-refractivity contribution in [3.05, 3.63) is 72.3 Å². The van der Waals surface area contributed by atoms with E-state index >= 15 is 0 Å². The average molecular weight is 318 g/mol. The molecule has 0 bridgehead atoms. The summed E-state index contributed by atoms with van der Waals surface area (Å²) in [5.41, 5.74) is 5.46. The van der Waals surface area contributed by atoms with Gasteiger partial charge in [0.1, 0.15) is 11.5 Å². The summed E-state index contributed by atoms with van der Waals surface area (Å²) >= 11 is 0. The second-order valence-electron chi connectivity index (χ2n) is 6.07. The second-order valence-corrected chi connectivity index (χ2v) is 6.07. The van der Waals surface area contributed by atoms with Crippen LogP contribution in [0.1, 0.15) is 25.3 Å². The maximum absolute atomic E-state index is 10.0. The molecule has 24 heavy (non-hydrogen) atoms. The van der Waals surface area contributed by atoms with E-state index in [9.17, 15) is 10.2 Å². The summed E-state index contributed by atoms with van der Waals surface area (Å²) in [6.07, 6.45) is 3.10. The SMILES string of the molecule is CCCCc1cc(-c2ccc(-c3ccc(O)cc3)cc2)ccc1O. The largest absolute Gasteiger partial charge is 0.508 e. The van der Waals surface area contributed by atoms with Gasteiger partial charge in [-0.1, -0.05) is 55.8 Å². The van der Waals surface area contributed by atoms with Crippen molar-refractivity contribution in [2.24, 2.45) is 0 Å². The molecule has 0 amide bonds. The lowest BCUT2D eigenvalue weighted by molar-refractivity contribution is 0.467. The first-order valence-electron chi connectivity index (χ1n) is 8.39. The van der Waals surface area contributed by atoms with E-state index in [1.54, 1.807) is 18.2 Å². The summed E-state index contributed by atoms with van der Waals surface area (Å²) in [6, 6.07) is 21.4. The molecule has 0 atom stereocenters. The lowest BCUT2D eigenvalue weighted by Crippen LogP contribution is -1.88. The van der Waals surface area contributed by atoms with Crippen molar-refractivity contribution in [2.75, 3.05) is 0 Å². The molecule has 0 fully saturated rings. The van der Waals surface area contributed by atoms with Crippen molar-refractivity contribution >= 4 is 0 Å². The van der Waals surface area contributed by atoms with Gasteiger partial charge in [0, 0.05) is 0 Å². The van der Waals surface area contributed by atoms with Crippen LogP contribution >= 0.6 is 0 Å². The zero-order valence-corrected chi connectivity index (χ0v) is 13.9. The molecule has 0 saturated heterocycles. The highest BCUT2D eigenvalue weighted by molar-refractivity contribution is 5.71. The van der Waals surface area contributed by atoms with Gasteiger partial charge in [0.2, 0.25) is 0 Å². The Labute approximate surface area is 143 Å². The molecule has 2 N–H and O–H groups in total. The quantitative estimate of drug-likeness (QED) is 0.626. The smallest absolute Gasteiger partial charge is 0.118 e. The molecule has 0 aliphatic heterocycles. The van der Waals surface area contributed by atoms with Crippen LogP contribution in [0.3, 0.4) is 0 Å². The monoisotopic (exact) mass is 318 g/mol. The highest BCUT2D eigenvalue weighted by atomic mass is 16.3. The number of phenolic OH excluding ortho intramolecular Hbond substituents is 2. The van der Waals surface area contributed by atoms with Gasteiger partial charge in [-0.15, -0.1) is 0 Å². The molecule has 0 aliphatic carbocycles. The van der Waals surface area contributed by atoms with Gasteiger partial charge in [0.15, 0.2) is 0 Å². The van der Waals surface area contributed by atoms with Gasteiger partial charge in [-0.3, -0.25) is 0 Å². The topological polar surface area (TPSA) is 40.5 Å². The standard InChI is InChI=1S/C22H22O2/c1-2-3-4-20-15-19(11-14-22(20)24)18-7-5-16(6-8-18)17-9-12-21(23)13-10-17/h5-15,23-24H,2-4H2,1H3. The molecule has 0 unspecified atom stereocenters. The average Bonchev–Trinajstić information content (AvgIpc) is 2.62. The summed E-state index contributed by atoms with van der Waals surface area (Å²) < 4.78 is 0. The Morgan fingerprint density at radius 3 is 1.75 bits per heavy atom. The van der Waals surface area contributed by atoms with Gasteiger partial charge in [-0.05, 0) is 64.9 Å². The van der Waals surface area contributed by atoms with Crippen LogP contribution in [-0.2, 0) is 6.42 Å². The van der Waals surface area contributed by atoms with Crippen molar-refractivity contribution in [1.82, 2.24) is 0 Å². The molecule has 0 spiro atoms. The van der Waals surface area contributed by atoms with Crippen molar-refractivity contribution in [2.45, 2.75) is 26.2 Å². The van der Waals surface area contributed by atoms with E-state index in [1.165, 1.54) is 0 Å². The molecule has 0 aliphatic rings. The predicted molar refractivity (Wildman–Crippen MR) is 99.3 cm³/mol. The molecule has 122 valence electrons. The number of aromatic hydroxyl groups is 2. The summed E-state index contributed by atoms with van der Waals surface area (Å²) in [5, 5.41) is 19.4. The maximum atomic E-state index is 10.0. The first kappa shape index (κ1) is 16.1. The van der Waals surface area contributed by atoms with E-state index in [0.717, 1.165) is 47.1 Å². The molecule has 0 radical (unpaired) electrons. The fourth-order valence-corrected chi connectivity index (χ4v) is 2.84. The summed E-state index contributed by atoms with van der Waals surface area (Å²) in [4.78, 5) is 0. The number of hydrogen-bond acceptors (Lipinski definition) is 2. The van der Waals surface area contributed by atoms with Gasteiger partial charge in [-0.2, -0.15) is 0 Å². The van der Waals surface area contributed by atoms with Crippen LogP contribution in [-0.4, -0.2) is 10.2 Å². The number of aryl methyl sites for hydroxylation is 1. The molecule has 2 heteroatoms. The van der Waals surface area contributed by atoms with E-state index < -0.39 is 0 Å². The van der Waals surface area contributed by atoms with Gasteiger partial charge in [0.05, 0.1) is 0 Å². The van der Waals surface area contributed by atoms with Crippen molar-refractivity contribution in [3.8, 4) is 33.8 Å². The van der Waals surface area contributed by atoms with E-state index in [0.29, 0.717) is 5.75 Å². The van der Waals surface area contributed by atoms with Crippen molar-refractivity contribution in [3.63, 3.8) is 0 Å². The van der Waals surface area contributed by atoms with Crippen LogP contribution in [0.4, 0.5) is 0 Å². The minimum absolute atomic E-state index is 0.277. The zero-order chi connectivity index (χ0) is 16.9. The first-order valence-corrected chi connectivity index (χ1v) is 8.39.